The number of aliphatic imine (C=N–C) groups is 1. The molecule has 2 aromatic carbocycles. The van der Waals surface area contributed by atoms with Crippen molar-refractivity contribution in [3.05, 3.63) is 59.7 Å². The van der Waals surface area contributed by atoms with Crippen LogP contribution in [0.4, 0.5) is 0 Å². The monoisotopic (exact) mass is 383 g/mol. The molecular weight excluding hydrogens is 354 g/mol. The fourth-order valence-electron chi connectivity index (χ4n) is 2.97. The Morgan fingerprint density at radius 1 is 1.07 bits per heavy atom. The molecule has 150 valence electrons. The zero-order chi connectivity index (χ0) is 19.6. The van der Waals surface area contributed by atoms with Gasteiger partial charge in [-0.05, 0) is 29.7 Å². The van der Waals surface area contributed by atoms with Crippen molar-refractivity contribution in [2.45, 2.75) is 32.6 Å². The molecule has 1 aliphatic heterocycles. The maximum Gasteiger partial charge on any atom is 0.191 e. The van der Waals surface area contributed by atoms with Crippen LogP contribution in [0.3, 0.4) is 0 Å². The molecule has 0 amide bonds. The maximum absolute atomic E-state index is 5.98. The average Bonchev–Trinajstić information content (AvgIpc) is 2.75. The number of nitrogens with one attached hydrogen (secondary N) is 2. The molecule has 0 bridgehead atoms. The molecule has 0 radical (unpaired) electrons. The van der Waals surface area contributed by atoms with Crippen LogP contribution in [0.5, 0.6) is 11.5 Å². The number of rotatable bonds is 8. The van der Waals surface area contributed by atoms with E-state index in [9.17, 15) is 0 Å². The topological polar surface area (TPSA) is 64.1 Å². The van der Waals surface area contributed by atoms with E-state index in [4.69, 9.17) is 14.2 Å². The summed E-state index contributed by atoms with van der Waals surface area (Å²) in [5, 5.41) is 6.68. The summed E-state index contributed by atoms with van der Waals surface area (Å²) in [5.41, 5.74) is 2.40. The van der Waals surface area contributed by atoms with Gasteiger partial charge < -0.3 is 24.8 Å². The summed E-state index contributed by atoms with van der Waals surface area (Å²) in [7, 11) is 1.76. The van der Waals surface area contributed by atoms with Gasteiger partial charge in [-0.2, -0.15) is 0 Å². The van der Waals surface area contributed by atoms with Gasteiger partial charge in [-0.1, -0.05) is 43.3 Å². The number of hydrogen-bond donors (Lipinski definition) is 2. The Morgan fingerprint density at radius 2 is 1.82 bits per heavy atom. The fourth-order valence-corrected chi connectivity index (χ4v) is 2.97. The van der Waals surface area contributed by atoms with E-state index in [1.54, 1.807) is 7.05 Å². The molecule has 28 heavy (non-hydrogen) atoms. The van der Waals surface area contributed by atoms with E-state index in [2.05, 4.69) is 34.7 Å². The van der Waals surface area contributed by atoms with Crippen molar-refractivity contribution in [1.82, 2.24) is 10.6 Å². The SMILES string of the molecule is CCCOCc1ccccc1CNC(=NC)NCC1COc2ccccc2O1. The van der Waals surface area contributed by atoms with Crippen LogP contribution in [-0.2, 0) is 17.9 Å². The van der Waals surface area contributed by atoms with E-state index >= 15 is 0 Å². The van der Waals surface area contributed by atoms with Crippen LogP contribution in [0.2, 0.25) is 0 Å². The van der Waals surface area contributed by atoms with Crippen LogP contribution < -0.4 is 20.1 Å². The minimum Gasteiger partial charge on any atom is -0.486 e. The Hall–Kier alpha value is -2.73. The molecule has 2 N–H and O–H groups in total. The lowest BCUT2D eigenvalue weighted by Gasteiger charge is -2.27. The van der Waals surface area contributed by atoms with Crippen LogP contribution in [0.25, 0.3) is 0 Å². The minimum atomic E-state index is -0.0665. The number of fused-ring (bicyclic) bond motifs is 1. The first-order valence-electron chi connectivity index (χ1n) is 9.77. The number of hydrogen-bond acceptors (Lipinski definition) is 4. The highest BCUT2D eigenvalue weighted by molar-refractivity contribution is 5.79. The number of nitrogens with zero attached hydrogens (tertiary/aromatic N) is 1. The Kier molecular flexibility index (Phi) is 7.55. The van der Waals surface area contributed by atoms with E-state index in [1.165, 1.54) is 11.1 Å². The second-order valence-electron chi connectivity index (χ2n) is 6.63. The summed E-state index contributed by atoms with van der Waals surface area (Å²) in [6, 6.07) is 16.0. The summed E-state index contributed by atoms with van der Waals surface area (Å²) >= 11 is 0. The highest BCUT2D eigenvalue weighted by Gasteiger charge is 2.20. The summed E-state index contributed by atoms with van der Waals surface area (Å²) in [5.74, 6) is 2.30. The lowest BCUT2D eigenvalue weighted by Crippen LogP contribution is -2.45. The van der Waals surface area contributed by atoms with E-state index in [1.807, 2.05) is 36.4 Å². The predicted octanol–water partition coefficient (Wildman–Crippen LogP) is 3.12. The van der Waals surface area contributed by atoms with Gasteiger partial charge in [0, 0.05) is 20.2 Å². The van der Waals surface area contributed by atoms with Crippen LogP contribution in [-0.4, -0.2) is 38.9 Å². The number of ether oxygens (including phenoxy) is 3. The molecular formula is C22H29N3O3. The molecule has 3 rings (SSSR count). The molecule has 0 saturated carbocycles. The third-order valence-electron chi connectivity index (χ3n) is 4.46. The third kappa shape index (κ3) is 5.63. The maximum atomic E-state index is 5.98. The smallest absolute Gasteiger partial charge is 0.191 e. The molecule has 1 unspecified atom stereocenters. The largest absolute Gasteiger partial charge is 0.486 e. The van der Waals surface area contributed by atoms with E-state index in [0.29, 0.717) is 26.3 Å². The van der Waals surface area contributed by atoms with Gasteiger partial charge in [-0.15, -0.1) is 0 Å². The lowest BCUT2D eigenvalue weighted by atomic mass is 10.1. The molecule has 6 heteroatoms. The second kappa shape index (κ2) is 10.6. The van der Waals surface area contributed by atoms with Crippen molar-refractivity contribution in [3.63, 3.8) is 0 Å². The van der Waals surface area contributed by atoms with Gasteiger partial charge in [0.05, 0.1) is 13.2 Å². The van der Waals surface area contributed by atoms with Crippen LogP contribution >= 0.6 is 0 Å². The van der Waals surface area contributed by atoms with Crippen molar-refractivity contribution >= 4 is 5.96 Å². The van der Waals surface area contributed by atoms with Gasteiger partial charge in [0.2, 0.25) is 0 Å². The minimum absolute atomic E-state index is 0.0665. The zero-order valence-electron chi connectivity index (χ0n) is 16.6. The van der Waals surface area contributed by atoms with E-state index < -0.39 is 0 Å². The quantitative estimate of drug-likeness (QED) is 0.417. The first-order valence-corrected chi connectivity index (χ1v) is 9.77. The molecule has 0 aromatic heterocycles. The number of para-hydroxylation sites is 2. The van der Waals surface area contributed by atoms with E-state index in [-0.39, 0.29) is 6.10 Å². The molecule has 1 aliphatic rings. The molecule has 6 nitrogen and oxygen atoms in total. The second-order valence-corrected chi connectivity index (χ2v) is 6.63. The number of benzene rings is 2. The Morgan fingerprint density at radius 3 is 2.61 bits per heavy atom. The normalized spacial score (nSPS) is 15.9. The molecule has 0 spiro atoms. The Balaban J connectivity index is 1.48. The average molecular weight is 383 g/mol. The fraction of sp³-hybridized carbons (Fsp3) is 0.409. The van der Waals surface area contributed by atoms with Gasteiger partial charge in [-0.25, -0.2) is 0 Å². The predicted molar refractivity (Wildman–Crippen MR) is 111 cm³/mol. The first-order chi connectivity index (χ1) is 13.8. The van der Waals surface area contributed by atoms with Crippen molar-refractivity contribution in [2.75, 3.05) is 26.8 Å². The Labute approximate surface area is 166 Å². The van der Waals surface area contributed by atoms with Crippen molar-refractivity contribution < 1.29 is 14.2 Å². The summed E-state index contributed by atoms with van der Waals surface area (Å²) < 4.78 is 17.4. The van der Waals surface area contributed by atoms with Crippen LogP contribution in [0.1, 0.15) is 24.5 Å². The van der Waals surface area contributed by atoms with Gasteiger partial charge >= 0.3 is 0 Å². The molecule has 1 atom stereocenters. The first kappa shape index (κ1) is 20.0. The summed E-state index contributed by atoms with van der Waals surface area (Å²) in [6.07, 6.45) is 0.956. The van der Waals surface area contributed by atoms with Gasteiger partial charge in [0.25, 0.3) is 0 Å². The van der Waals surface area contributed by atoms with Crippen LogP contribution in [0, 0.1) is 0 Å². The van der Waals surface area contributed by atoms with Gasteiger partial charge in [-0.3, -0.25) is 4.99 Å². The molecule has 0 saturated heterocycles. The van der Waals surface area contributed by atoms with Gasteiger partial charge in [0.15, 0.2) is 17.5 Å². The highest BCUT2D eigenvalue weighted by atomic mass is 16.6. The third-order valence-corrected chi connectivity index (χ3v) is 4.46. The van der Waals surface area contributed by atoms with E-state index in [0.717, 1.165) is 30.5 Å². The number of guanidine groups is 1. The van der Waals surface area contributed by atoms with Gasteiger partial charge in [0.1, 0.15) is 12.7 Å². The standard InChI is InChI=1S/C22H29N3O3/c1-3-12-26-15-18-9-5-4-8-17(18)13-24-22(23-2)25-14-19-16-27-20-10-6-7-11-21(20)28-19/h4-11,19H,3,12-16H2,1-2H3,(H2,23,24,25). The van der Waals surface area contributed by atoms with Crippen molar-refractivity contribution in [1.29, 1.82) is 0 Å². The van der Waals surface area contributed by atoms with Crippen LogP contribution in [0.15, 0.2) is 53.5 Å². The molecule has 2 aromatic rings. The molecule has 0 fully saturated rings. The Bertz CT molecular complexity index is 779. The zero-order valence-corrected chi connectivity index (χ0v) is 16.6. The molecule has 1 heterocycles. The van der Waals surface area contributed by atoms with Crippen molar-refractivity contribution in [2.24, 2.45) is 4.99 Å². The summed E-state index contributed by atoms with van der Waals surface area (Å²) in [4.78, 5) is 4.30. The lowest BCUT2D eigenvalue weighted by molar-refractivity contribution is 0.0936. The summed E-state index contributed by atoms with van der Waals surface area (Å²) in [6.45, 7) is 5.31. The highest BCUT2D eigenvalue weighted by Crippen LogP contribution is 2.30. The molecule has 0 aliphatic carbocycles. The van der Waals surface area contributed by atoms with Crippen molar-refractivity contribution in [3.8, 4) is 11.5 Å².